The zero-order valence-electron chi connectivity index (χ0n) is 9.01. The van der Waals surface area contributed by atoms with E-state index in [-0.39, 0.29) is 11.5 Å². The van der Waals surface area contributed by atoms with Gasteiger partial charge in [-0.3, -0.25) is 0 Å². The van der Waals surface area contributed by atoms with Crippen molar-refractivity contribution in [3.8, 4) is 22.8 Å². The third-order valence-corrected chi connectivity index (χ3v) is 2.20. The lowest BCUT2D eigenvalue weighted by atomic mass is 10.1. The number of anilines is 1. The first-order valence-corrected chi connectivity index (χ1v) is 4.74. The number of nitrogens with zero attached hydrogens (tertiary/aromatic N) is 2. The lowest BCUT2D eigenvalue weighted by Gasteiger charge is -2.04. The number of aromatic hydroxyl groups is 2. The number of aromatic nitrogens is 1. The van der Waals surface area contributed by atoms with Crippen molar-refractivity contribution >= 4 is 5.82 Å². The average molecular weight is 220 g/mol. The molecule has 0 spiro atoms. The van der Waals surface area contributed by atoms with Crippen LogP contribution in [0.2, 0.25) is 0 Å². The van der Waals surface area contributed by atoms with Crippen LogP contribution in [-0.2, 0) is 0 Å². The summed E-state index contributed by atoms with van der Waals surface area (Å²) < 4.78 is 5.10. The number of benzene rings is 1. The van der Waals surface area contributed by atoms with Gasteiger partial charge in [0, 0.05) is 26.2 Å². The van der Waals surface area contributed by atoms with Crippen LogP contribution in [0.1, 0.15) is 0 Å². The maximum Gasteiger partial charge on any atom is 0.172 e. The monoisotopic (exact) mass is 220 g/mol. The number of phenolic OH excluding ortho intramolecular Hbond substituents is 2. The summed E-state index contributed by atoms with van der Waals surface area (Å²) in [5.41, 5.74) is 0.499. The smallest absolute Gasteiger partial charge is 0.172 e. The van der Waals surface area contributed by atoms with Crippen LogP contribution in [0.25, 0.3) is 11.3 Å². The maximum atomic E-state index is 9.63. The minimum atomic E-state index is -0.0403. The molecule has 2 aromatic rings. The summed E-state index contributed by atoms with van der Waals surface area (Å²) in [5.74, 6) is 1.10. The summed E-state index contributed by atoms with van der Waals surface area (Å²) in [5, 5.41) is 22.6. The van der Waals surface area contributed by atoms with Crippen molar-refractivity contribution in [1.82, 2.24) is 5.16 Å². The van der Waals surface area contributed by atoms with Gasteiger partial charge in [-0.25, -0.2) is 0 Å². The normalized spacial score (nSPS) is 10.4. The van der Waals surface area contributed by atoms with E-state index in [0.29, 0.717) is 17.1 Å². The summed E-state index contributed by atoms with van der Waals surface area (Å²) in [7, 11) is 3.69. The Balaban J connectivity index is 2.42. The maximum absolute atomic E-state index is 9.63. The molecule has 5 heteroatoms. The van der Waals surface area contributed by atoms with Gasteiger partial charge in [-0.15, -0.1) is 0 Å². The van der Waals surface area contributed by atoms with Gasteiger partial charge in [0.05, 0.1) is 5.56 Å². The molecule has 0 aliphatic carbocycles. The standard InChI is InChI=1S/C11H12N2O3/c1-13(2)11-6-10(16-12-11)8-4-3-7(14)5-9(8)15/h3-6,14-15H,1-2H3. The molecule has 0 unspecified atom stereocenters. The largest absolute Gasteiger partial charge is 0.508 e. The second kappa shape index (κ2) is 3.77. The van der Waals surface area contributed by atoms with Gasteiger partial charge in [-0.05, 0) is 12.1 Å². The Morgan fingerprint density at radius 3 is 2.50 bits per heavy atom. The van der Waals surface area contributed by atoms with Crippen LogP contribution in [0, 0.1) is 0 Å². The molecule has 1 heterocycles. The Kier molecular flexibility index (Phi) is 2.44. The van der Waals surface area contributed by atoms with Gasteiger partial charge in [0.1, 0.15) is 11.5 Å². The van der Waals surface area contributed by atoms with E-state index in [1.165, 1.54) is 12.1 Å². The fraction of sp³-hybridized carbons (Fsp3) is 0.182. The summed E-state index contributed by atoms with van der Waals surface area (Å²) in [6.07, 6.45) is 0. The lowest BCUT2D eigenvalue weighted by Crippen LogP contribution is -2.08. The van der Waals surface area contributed by atoms with E-state index in [1.807, 2.05) is 14.1 Å². The van der Waals surface area contributed by atoms with Crippen molar-refractivity contribution in [3.05, 3.63) is 24.3 Å². The molecule has 0 saturated heterocycles. The fourth-order valence-corrected chi connectivity index (χ4v) is 1.33. The molecule has 0 fully saturated rings. The van der Waals surface area contributed by atoms with Crippen molar-refractivity contribution in [2.24, 2.45) is 0 Å². The first-order valence-electron chi connectivity index (χ1n) is 4.74. The molecule has 0 saturated carbocycles. The van der Waals surface area contributed by atoms with Crippen molar-refractivity contribution in [3.63, 3.8) is 0 Å². The van der Waals surface area contributed by atoms with Gasteiger partial charge >= 0.3 is 0 Å². The number of phenols is 2. The fourth-order valence-electron chi connectivity index (χ4n) is 1.33. The van der Waals surface area contributed by atoms with Crippen molar-refractivity contribution in [2.75, 3.05) is 19.0 Å². The van der Waals surface area contributed by atoms with Crippen LogP contribution < -0.4 is 4.90 Å². The molecule has 0 aliphatic heterocycles. The Labute approximate surface area is 92.5 Å². The Morgan fingerprint density at radius 2 is 1.94 bits per heavy atom. The Morgan fingerprint density at radius 1 is 1.19 bits per heavy atom. The van der Waals surface area contributed by atoms with Gasteiger partial charge in [-0.2, -0.15) is 0 Å². The van der Waals surface area contributed by atoms with Crippen LogP contribution in [0.3, 0.4) is 0 Å². The van der Waals surface area contributed by atoms with Crippen LogP contribution in [0.4, 0.5) is 5.82 Å². The molecule has 2 rings (SSSR count). The molecule has 1 aromatic carbocycles. The van der Waals surface area contributed by atoms with Crippen molar-refractivity contribution in [1.29, 1.82) is 0 Å². The van der Waals surface area contributed by atoms with E-state index in [4.69, 9.17) is 9.63 Å². The quantitative estimate of drug-likeness (QED) is 0.807. The van der Waals surface area contributed by atoms with Gasteiger partial charge in [0.2, 0.25) is 0 Å². The summed E-state index contributed by atoms with van der Waals surface area (Å²) in [4.78, 5) is 1.80. The molecule has 0 aliphatic rings. The highest BCUT2D eigenvalue weighted by molar-refractivity contribution is 5.68. The SMILES string of the molecule is CN(C)c1cc(-c2ccc(O)cc2O)on1. The number of hydrogen-bond acceptors (Lipinski definition) is 5. The molecule has 16 heavy (non-hydrogen) atoms. The molecule has 1 aromatic heterocycles. The third kappa shape index (κ3) is 1.79. The van der Waals surface area contributed by atoms with Gasteiger partial charge in [-0.1, -0.05) is 5.16 Å². The van der Waals surface area contributed by atoms with Gasteiger partial charge in [0.25, 0.3) is 0 Å². The second-order valence-electron chi connectivity index (χ2n) is 3.65. The molecule has 0 amide bonds. The van der Waals surface area contributed by atoms with Crippen LogP contribution >= 0.6 is 0 Å². The van der Waals surface area contributed by atoms with E-state index in [0.717, 1.165) is 0 Å². The first kappa shape index (κ1) is 10.4. The van der Waals surface area contributed by atoms with Gasteiger partial charge in [0.15, 0.2) is 11.6 Å². The summed E-state index contributed by atoms with van der Waals surface area (Å²) in [6, 6.07) is 6.02. The van der Waals surface area contributed by atoms with E-state index in [9.17, 15) is 5.11 Å². The molecule has 0 radical (unpaired) electrons. The predicted molar refractivity (Wildman–Crippen MR) is 59.6 cm³/mol. The summed E-state index contributed by atoms with van der Waals surface area (Å²) >= 11 is 0. The third-order valence-electron chi connectivity index (χ3n) is 2.20. The van der Waals surface area contributed by atoms with Crippen molar-refractivity contribution < 1.29 is 14.7 Å². The Hall–Kier alpha value is -2.17. The number of hydrogen-bond donors (Lipinski definition) is 2. The minimum absolute atomic E-state index is 0.00796. The molecule has 0 atom stereocenters. The van der Waals surface area contributed by atoms with Gasteiger partial charge < -0.3 is 19.6 Å². The molecular weight excluding hydrogens is 208 g/mol. The zero-order chi connectivity index (χ0) is 11.7. The minimum Gasteiger partial charge on any atom is -0.508 e. The van der Waals surface area contributed by atoms with Crippen LogP contribution in [0.5, 0.6) is 11.5 Å². The molecular formula is C11H12N2O3. The molecule has 2 N–H and O–H groups in total. The van der Waals surface area contributed by atoms with E-state index in [1.54, 1.807) is 17.0 Å². The average Bonchev–Trinajstić information content (AvgIpc) is 2.66. The molecule has 5 nitrogen and oxygen atoms in total. The van der Waals surface area contributed by atoms with Crippen LogP contribution in [0.15, 0.2) is 28.8 Å². The van der Waals surface area contributed by atoms with Crippen molar-refractivity contribution in [2.45, 2.75) is 0 Å². The topological polar surface area (TPSA) is 69.7 Å². The van der Waals surface area contributed by atoms with E-state index in [2.05, 4.69) is 5.16 Å². The van der Waals surface area contributed by atoms with E-state index < -0.39 is 0 Å². The highest BCUT2D eigenvalue weighted by Gasteiger charge is 2.12. The summed E-state index contributed by atoms with van der Waals surface area (Å²) in [6.45, 7) is 0. The number of rotatable bonds is 2. The Bertz CT molecular complexity index is 506. The van der Waals surface area contributed by atoms with E-state index >= 15 is 0 Å². The lowest BCUT2D eigenvalue weighted by molar-refractivity contribution is 0.424. The molecule has 0 bridgehead atoms. The second-order valence-corrected chi connectivity index (χ2v) is 3.65. The molecule has 84 valence electrons. The van der Waals surface area contributed by atoms with Crippen LogP contribution in [-0.4, -0.2) is 29.5 Å². The predicted octanol–water partition coefficient (Wildman–Crippen LogP) is 1.82. The zero-order valence-corrected chi connectivity index (χ0v) is 9.01. The highest BCUT2D eigenvalue weighted by atomic mass is 16.5. The highest BCUT2D eigenvalue weighted by Crippen LogP contribution is 2.33. The first-order chi connectivity index (χ1) is 7.58.